The van der Waals surface area contributed by atoms with E-state index >= 15 is 0 Å². The summed E-state index contributed by atoms with van der Waals surface area (Å²) in [7, 11) is 0. The third-order valence-corrected chi connectivity index (χ3v) is 4.07. The topological polar surface area (TPSA) is 78.4 Å². The van der Waals surface area contributed by atoms with E-state index in [4.69, 9.17) is 5.11 Å². The maximum atomic E-state index is 10.9. The highest BCUT2D eigenvalue weighted by Crippen LogP contribution is 2.24. The predicted molar refractivity (Wildman–Crippen MR) is 68.2 cm³/mol. The van der Waals surface area contributed by atoms with Crippen molar-refractivity contribution in [2.45, 2.75) is 37.5 Å². The van der Waals surface area contributed by atoms with Gasteiger partial charge in [0, 0.05) is 25.3 Å². The van der Waals surface area contributed by atoms with Gasteiger partial charge < -0.3 is 15.7 Å². The van der Waals surface area contributed by atoms with Crippen molar-refractivity contribution in [3.05, 3.63) is 0 Å². The molecule has 1 saturated heterocycles. The second kappa shape index (κ2) is 7.55. The summed E-state index contributed by atoms with van der Waals surface area (Å²) < 4.78 is 0. The van der Waals surface area contributed by atoms with Crippen LogP contribution in [0.25, 0.3) is 0 Å². The third kappa shape index (κ3) is 5.93. The Kier molecular flexibility index (Phi) is 6.36. The van der Waals surface area contributed by atoms with E-state index in [1.807, 2.05) is 11.8 Å². The van der Waals surface area contributed by atoms with E-state index in [9.17, 15) is 9.59 Å². The Morgan fingerprint density at radius 2 is 2.24 bits per heavy atom. The quantitative estimate of drug-likeness (QED) is 0.646. The van der Waals surface area contributed by atoms with Crippen LogP contribution in [0.2, 0.25) is 0 Å². The van der Waals surface area contributed by atoms with E-state index in [0.29, 0.717) is 5.25 Å². The van der Waals surface area contributed by atoms with Gasteiger partial charge in [0.25, 0.3) is 0 Å². The van der Waals surface area contributed by atoms with Gasteiger partial charge in [0.05, 0.1) is 0 Å². The number of carboxylic acids is 1. The summed E-state index contributed by atoms with van der Waals surface area (Å²) in [6.07, 6.45) is 3.73. The first kappa shape index (κ1) is 14.3. The van der Waals surface area contributed by atoms with E-state index in [-0.39, 0.29) is 12.5 Å². The highest BCUT2D eigenvalue weighted by molar-refractivity contribution is 7.99. The van der Waals surface area contributed by atoms with Crippen LogP contribution in [0.3, 0.4) is 0 Å². The van der Waals surface area contributed by atoms with Gasteiger partial charge in [-0.3, -0.25) is 4.79 Å². The lowest BCUT2D eigenvalue weighted by molar-refractivity contribution is -0.141. The number of thioether (sulfide) groups is 1. The third-order valence-electron chi connectivity index (χ3n) is 2.67. The van der Waals surface area contributed by atoms with Crippen LogP contribution in [0.15, 0.2) is 0 Å². The van der Waals surface area contributed by atoms with Gasteiger partial charge in [-0.05, 0) is 18.6 Å². The van der Waals surface area contributed by atoms with Gasteiger partial charge in [0.2, 0.25) is 5.91 Å². The SMILES string of the molecule is CC(=O)NC(CNCC1CCCCS1)C(=O)O. The Labute approximate surface area is 106 Å². The molecule has 98 valence electrons. The second-order valence-electron chi connectivity index (χ2n) is 4.24. The monoisotopic (exact) mass is 260 g/mol. The Hall–Kier alpha value is -0.750. The minimum absolute atomic E-state index is 0.284. The van der Waals surface area contributed by atoms with Gasteiger partial charge >= 0.3 is 5.97 Å². The molecule has 1 rings (SSSR count). The van der Waals surface area contributed by atoms with Gasteiger partial charge in [0.15, 0.2) is 0 Å². The van der Waals surface area contributed by atoms with E-state index in [0.717, 1.165) is 6.54 Å². The minimum atomic E-state index is -0.996. The van der Waals surface area contributed by atoms with Crippen LogP contribution in [0.1, 0.15) is 26.2 Å². The average molecular weight is 260 g/mol. The molecule has 3 N–H and O–H groups in total. The summed E-state index contributed by atoms with van der Waals surface area (Å²) in [5.74, 6) is -0.115. The average Bonchev–Trinajstić information content (AvgIpc) is 2.28. The Bertz CT molecular complexity index is 267. The summed E-state index contributed by atoms with van der Waals surface area (Å²) in [6.45, 7) is 2.42. The zero-order valence-corrected chi connectivity index (χ0v) is 10.9. The molecule has 1 aliphatic rings. The molecule has 1 aliphatic heterocycles. The molecular formula is C11H20N2O3S. The van der Waals surface area contributed by atoms with Gasteiger partial charge in [-0.2, -0.15) is 11.8 Å². The number of aliphatic carboxylic acids is 1. The number of hydrogen-bond acceptors (Lipinski definition) is 4. The van der Waals surface area contributed by atoms with Gasteiger partial charge in [-0.25, -0.2) is 4.79 Å². The Morgan fingerprint density at radius 3 is 2.76 bits per heavy atom. The molecule has 0 aromatic rings. The molecule has 2 unspecified atom stereocenters. The lowest BCUT2D eigenvalue weighted by Crippen LogP contribution is -2.47. The molecule has 0 aromatic carbocycles. The van der Waals surface area contributed by atoms with Crippen molar-refractivity contribution in [3.8, 4) is 0 Å². The molecule has 5 nitrogen and oxygen atoms in total. The summed E-state index contributed by atoms with van der Waals surface area (Å²) in [5, 5.41) is 15.0. The fourth-order valence-corrected chi connectivity index (χ4v) is 3.08. The Morgan fingerprint density at radius 1 is 1.47 bits per heavy atom. The highest BCUT2D eigenvalue weighted by atomic mass is 32.2. The molecule has 0 aromatic heterocycles. The molecule has 0 saturated carbocycles. The van der Waals surface area contributed by atoms with E-state index < -0.39 is 12.0 Å². The highest BCUT2D eigenvalue weighted by Gasteiger charge is 2.19. The van der Waals surface area contributed by atoms with Gasteiger partial charge in [-0.1, -0.05) is 6.42 Å². The molecule has 0 aliphatic carbocycles. The first-order valence-electron chi connectivity index (χ1n) is 5.92. The maximum absolute atomic E-state index is 10.9. The number of carboxylic acid groups (broad SMARTS) is 1. The van der Waals surface area contributed by atoms with E-state index in [1.165, 1.54) is 31.9 Å². The molecule has 0 spiro atoms. The van der Waals surface area contributed by atoms with Crippen LogP contribution in [0.4, 0.5) is 0 Å². The fourth-order valence-electron chi connectivity index (χ4n) is 1.80. The number of carbonyl (C=O) groups is 2. The molecule has 1 amide bonds. The Balaban J connectivity index is 2.21. The molecule has 6 heteroatoms. The maximum Gasteiger partial charge on any atom is 0.327 e. The molecule has 0 bridgehead atoms. The van der Waals surface area contributed by atoms with Crippen molar-refractivity contribution in [1.82, 2.24) is 10.6 Å². The van der Waals surface area contributed by atoms with Crippen LogP contribution >= 0.6 is 11.8 Å². The number of rotatable bonds is 6. The lowest BCUT2D eigenvalue weighted by Gasteiger charge is -2.22. The number of hydrogen-bond donors (Lipinski definition) is 3. The van der Waals surface area contributed by atoms with Crippen molar-refractivity contribution in [1.29, 1.82) is 0 Å². The zero-order valence-electron chi connectivity index (χ0n) is 10.1. The lowest BCUT2D eigenvalue weighted by atomic mass is 10.2. The van der Waals surface area contributed by atoms with E-state index in [1.54, 1.807) is 0 Å². The number of nitrogens with one attached hydrogen (secondary N) is 2. The van der Waals surface area contributed by atoms with Crippen LogP contribution in [0, 0.1) is 0 Å². The first-order valence-corrected chi connectivity index (χ1v) is 6.96. The summed E-state index contributed by atoms with van der Waals surface area (Å²) in [6, 6.07) is -0.832. The molecule has 2 atom stereocenters. The smallest absolute Gasteiger partial charge is 0.327 e. The molecule has 17 heavy (non-hydrogen) atoms. The normalized spacial score (nSPS) is 21.8. The minimum Gasteiger partial charge on any atom is -0.480 e. The van der Waals surface area contributed by atoms with Crippen molar-refractivity contribution >= 4 is 23.6 Å². The van der Waals surface area contributed by atoms with Crippen molar-refractivity contribution in [2.24, 2.45) is 0 Å². The first-order chi connectivity index (χ1) is 8.09. The van der Waals surface area contributed by atoms with Gasteiger partial charge in [-0.15, -0.1) is 0 Å². The summed E-state index contributed by atoms with van der Waals surface area (Å²) >= 11 is 1.94. The largest absolute Gasteiger partial charge is 0.480 e. The molecular weight excluding hydrogens is 240 g/mol. The van der Waals surface area contributed by atoms with Gasteiger partial charge in [0.1, 0.15) is 6.04 Å². The van der Waals surface area contributed by atoms with E-state index in [2.05, 4.69) is 10.6 Å². The van der Waals surface area contributed by atoms with Crippen LogP contribution in [0.5, 0.6) is 0 Å². The summed E-state index contributed by atoms with van der Waals surface area (Å²) in [4.78, 5) is 21.7. The van der Waals surface area contributed by atoms with Crippen molar-refractivity contribution < 1.29 is 14.7 Å². The van der Waals surface area contributed by atoms with Crippen molar-refractivity contribution in [2.75, 3.05) is 18.8 Å². The van der Waals surface area contributed by atoms with Crippen molar-refractivity contribution in [3.63, 3.8) is 0 Å². The summed E-state index contributed by atoms with van der Waals surface area (Å²) in [5.41, 5.74) is 0. The van der Waals surface area contributed by atoms with Crippen LogP contribution in [-0.2, 0) is 9.59 Å². The number of carbonyl (C=O) groups excluding carboxylic acids is 1. The standard InChI is InChI=1S/C11H20N2O3S/c1-8(14)13-10(11(15)16)7-12-6-9-4-2-3-5-17-9/h9-10,12H,2-7H2,1H3,(H,13,14)(H,15,16). The molecule has 0 radical (unpaired) electrons. The molecule has 1 heterocycles. The molecule has 1 fully saturated rings. The second-order valence-corrected chi connectivity index (χ2v) is 5.65. The fraction of sp³-hybridized carbons (Fsp3) is 0.818. The predicted octanol–water partition coefficient (Wildman–Crippen LogP) is 0.451. The zero-order chi connectivity index (χ0) is 12.7. The van der Waals surface area contributed by atoms with Crippen LogP contribution in [-0.4, -0.2) is 47.1 Å². The number of amides is 1. The van der Waals surface area contributed by atoms with Crippen LogP contribution < -0.4 is 10.6 Å².